The van der Waals surface area contributed by atoms with Gasteiger partial charge < -0.3 is 14.9 Å². The Bertz CT molecular complexity index is 540. The van der Waals surface area contributed by atoms with Crippen molar-refractivity contribution in [1.82, 2.24) is 15.5 Å². The number of aromatic nitrogens is 2. The van der Waals surface area contributed by atoms with Crippen molar-refractivity contribution >= 4 is 11.9 Å². The van der Waals surface area contributed by atoms with E-state index >= 15 is 0 Å². The number of rotatable bonds is 5. The van der Waals surface area contributed by atoms with Crippen LogP contribution in [0.3, 0.4) is 0 Å². The van der Waals surface area contributed by atoms with E-state index in [1.165, 1.54) is 6.33 Å². The molecule has 1 aromatic heterocycles. The molecule has 3 rings (SSSR count). The van der Waals surface area contributed by atoms with Crippen LogP contribution in [0.4, 0.5) is 0 Å². The minimum absolute atomic E-state index is 0.0100. The highest BCUT2D eigenvalue weighted by Gasteiger charge is 2.51. The Hall–Kier alpha value is -2.18. The number of hydrogen-bond acceptors (Lipinski definition) is 5. The summed E-state index contributed by atoms with van der Waals surface area (Å²) in [7, 11) is 0. The van der Waals surface area contributed by atoms with Crippen LogP contribution < -0.4 is 5.32 Å². The number of amides is 1. The third-order valence-corrected chi connectivity index (χ3v) is 4.09. The quantitative estimate of drug-likeness (QED) is 0.747. The number of allylic oxidation sites excluding steroid dienone is 2. The standard InChI is InChI=1S/C13H15N3O4/c17-12(14-4-3-9-15-6-16-20-9)10-7-1-2-8(5-7)11(10)13(18)19/h1-2,6-8,10-11H,3-5H2,(H,14,17)(H,18,19). The van der Waals surface area contributed by atoms with Crippen molar-refractivity contribution < 1.29 is 19.2 Å². The van der Waals surface area contributed by atoms with E-state index in [1.807, 2.05) is 12.2 Å². The second kappa shape index (κ2) is 5.07. The number of fused-ring (bicyclic) bond motifs is 2. The first-order chi connectivity index (χ1) is 9.66. The van der Waals surface area contributed by atoms with Crippen LogP contribution in [0.1, 0.15) is 12.3 Å². The molecule has 1 heterocycles. The van der Waals surface area contributed by atoms with Gasteiger partial charge in [-0.1, -0.05) is 17.3 Å². The zero-order chi connectivity index (χ0) is 14.1. The monoisotopic (exact) mass is 277 g/mol. The Kier molecular flexibility index (Phi) is 3.25. The summed E-state index contributed by atoms with van der Waals surface area (Å²) in [5.41, 5.74) is 0. The van der Waals surface area contributed by atoms with E-state index in [2.05, 4.69) is 15.5 Å². The Morgan fingerprint density at radius 2 is 2.10 bits per heavy atom. The summed E-state index contributed by atoms with van der Waals surface area (Å²) in [6, 6.07) is 0. The molecule has 2 bridgehead atoms. The molecule has 0 saturated heterocycles. The predicted molar refractivity (Wildman–Crippen MR) is 66.4 cm³/mol. The maximum absolute atomic E-state index is 12.2. The number of carbonyl (C=O) groups is 2. The van der Waals surface area contributed by atoms with E-state index in [0.717, 1.165) is 6.42 Å². The summed E-state index contributed by atoms with van der Waals surface area (Å²) in [5, 5.41) is 15.5. The fourth-order valence-electron chi connectivity index (χ4n) is 3.23. The highest BCUT2D eigenvalue weighted by atomic mass is 16.5. The van der Waals surface area contributed by atoms with Crippen LogP contribution in [0.2, 0.25) is 0 Å². The molecule has 4 atom stereocenters. The molecule has 0 radical (unpaired) electrons. The molecule has 1 amide bonds. The average molecular weight is 277 g/mol. The number of nitrogens with one attached hydrogen (secondary N) is 1. The number of aliphatic carboxylic acids is 1. The molecule has 4 unspecified atom stereocenters. The maximum Gasteiger partial charge on any atom is 0.307 e. The molecule has 7 heteroatoms. The molecule has 2 N–H and O–H groups in total. The van der Waals surface area contributed by atoms with E-state index < -0.39 is 17.8 Å². The topological polar surface area (TPSA) is 105 Å². The van der Waals surface area contributed by atoms with Crippen molar-refractivity contribution in [2.24, 2.45) is 23.7 Å². The van der Waals surface area contributed by atoms with E-state index in [-0.39, 0.29) is 17.7 Å². The molecular weight excluding hydrogens is 262 g/mol. The number of carboxylic acid groups (broad SMARTS) is 1. The van der Waals surface area contributed by atoms with Gasteiger partial charge in [-0.25, -0.2) is 0 Å². The van der Waals surface area contributed by atoms with Gasteiger partial charge in [-0.2, -0.15) is 4.98 Å². The van der Waals surface area contributed by atoms with Gasteiger partial charge in [0, 0.05) is 13.0 Å². The number of hydrogen-bond donors (Lipinski definition) is 2. The Labute approximate surface area is 115 Å². The van der Waals surface area contributed by atoms with Crippen molar-refractivity contribution in [1.29, 1.82) is 0 Å². The van der Waals surface area contributed by atoms with Gasteiger partial charge in [0.2, 0.25) is 11.8 Å². The predicted octanol–water partition coefficient (Wildman–Crippen LogP) is 0.251. The molecule has 1 aromatic rings. The van der Waals surface area contributed by atoms with Crippen molar-refractivity contribution in [2.45, 2.75) is 12.8 Å². The Balaban J connectivity index is 1.59. The van der Waals surface area contributed by atoms with Crippen LogP contribution in [0, 0.1) is 23.7 Å². The SMILES string of the molecule is O=C(O)C1C2C=CC(C2)C1C(=O)NCCc1ncno1. The van der Waals surface area contributed by atoms with Crippen LogP contribution >= 0.6 is 0 Å². The lowest BCUT2D eigenvalue weighted by Crippen LogP contribution is -2.40. The molecule has 106 valence electrons. The molecule has 20 heavy (non-hydrogen) atoms. The lowest BCUT2D eigenvalue weighted by Gasteiger charge is -2.23. The first-order valence-electron chi connectivity index (χ1n) is 6.61. The summed E-state index contributed by atoms with van der Waals surface area (Å²) in [6.45, 7) is 0.366. The molecule has 7 nitrogen and oxygen atoms in total. The van der Waals surface area contributed by atoms with Gasteiger partial charge in [0.25, 0.3) is 0 Å². The zero-order valence-electron chi connectivity index (χ0n) is 10.7. The van der Waals surface area contributed by atoms with Crippen LogP contribution in [-0.4, -0.2) is 33.7 Å². The molecular formula is C13H15N3O4. The number of nitrogens with zero attached hydrogens (tertiary/aromatic N) is 2. The van der Waals surface area contributed by atoms with Crippen molar-refractivity contribution in [2.75, 3.05) is 6.54 Å². The third kappa shape index (κ3) is 2.19. The van der Waals surface area contributed by atoms with Crippen molar-refractivity contribution in [3.05, 3.63) is 24.4 Å². The number of carbonyl (C=O) groups excluding carboxylic acids is 1. The van der Waals surface area contributed by atoms with E-state index in [4.69, 9.17) is 4.52 Å². The fourth-order valence-corrected chi connectivity index (χ4v) is 3.23. The second-order valence-corrected chi connectivity index (χ2v) is 5.21. The fraction of sp³-hybridized carbons (Fsp3) is 0.538. The lowest BCUT2D eigenvalue weighted by atomic mass is 9.82. The van der Waals surface area contributed by atoms with Crippen LogP contribution in [-0.2, 0) is 16.0 Å². The highest BCUT2D eigenvalue weighted by molar-refractivity contribution is 5.86. The highest BCUT2D eigenvalue weighted by Crippen LogP contribution is 2.48. The summed E-state index contributed by atoms with van der Waals surface area (Å²) < 4.78 is 4.83. The van der Waals surface area contributed by atoms with Gasteiger partial charge >= 0.3 is 5.97 Å². The largest absolute Gasteiger partial charge is 0.481 e. The Morgan fingerprint density at radius 1 is 1.35 bits per heavy atom. The average Bonchev–Trinajstić information content (AvgIpc) is 3.13. The van der Waals surface area contributed by atoms with Gasteiger partial charge in [0.05, 0.1) is 11.8 Å². The van der Waals surface area contributed by atoms with E-state index in [0.29, 0.717) is 18.9 Å². The summed E-state index contributed by atoms with van der Waals surface area (Å²) in [5.74, 6) is -1.67. The zero-order valence-corrected chi connectivity index (χ0v) is 10.7. The van der Waals surface area contributed by atoms with Gasteiger partial charge in [-0.3, -0.25) is 9.59 Å². The molecule has 1 fully saturated rings. The maximum atomic E-state index is 12.2. The van der Waals surface area contributed by atoms with Gasteiger partial charge in [-0.15, -0.1) is 0 Å². The van der Waals surface area contributed by atoms with Gasteiger partial charge in [0.15, 0.2) is 6.33 Å². The van der Waals surface area contributed by atoms with Crippen LogP contribution in [0.15, 0.2) is 23.0 Å². The van der Waals surface area contributed by atoms with Crippen molar-refractivity contribution in [3.63, 3.8) is 0 Å². The van der Waals surface area contributed by atoms with E-state index in [1.54, 1.807) is 0 Å². The normalized spacial score (nSPS) is 30.6. The van der Waals surface area contributed by atoms with E-state index in [9.17, 15) is 14.7 Å². The Morgan fingerprint density at radius 3 is 2.75 bits per heavy atom. The first kappa shape index (κ1) is 12.8. The second-order valence-electron chi connectivity index (χ2n) is 5.21. The van der Waals surface area contributed by atoms with Crippen LogP contribution in [0.25, 0.3) is 0 Å². The summed E-state index contributed by atoms with van der Waals surface area (Å²) in [4.78, 5) is 27.4. The van der Waals surface area contributed by atoms with Crippen LogP contribution in [0.5, 0.6) is 0 Å². The molecule has 1 saturated carbocycles. The first-order valence-corrected chi connectivity index (χ1v) is 6.61. The molecule has 2 aliphatic rings. The lowest BCUT2D eigenvalue weighted by molar-refractivity contribution is -0.147. The third-order valence-electron chi connectivity index (χ3n) is 4.09. The minimum atomic E-state index is -0.890. The molecule has 0 aliphatic heterocycles. The van der Waals surface area contributed by atoms with Gasteiger partial charge in [0.1, 0.15) is 0 Å². The smallest absolute Gasteiger partial charge is 0.307 e. The molecule has 0 spiro atoms. The summed E-state index contributed by atoms with van der Waals surface area (Å²) >= 11 is 0. The van der Waals surface area contributed by atoms with Crippen molar-refractivity contribution in [3.8, 4) is 0 Å². The molecule has 0 aromatic carbocycles. The molecule has 2 aliphatic carbocycles. The minimum Gasteiger partial charge on any atom is -0.481 e. The number of carboxylic acids is 1. The summed E-state index contributed by atoms with van der Waals surface area (Å²) in [6.07, 6.45) is 6.40. The van der Waals surface area contributed by atoms with Gasteiger partial charge in [-0.05, 0) is 18.3 Å².